The van der Waals surface area contributed by atoms with Gasteiger partial charge < -0.3 is 5.32 Å². The van der Waals surface area contributed by atoms with E-state index in [4.69, 9.17) is 0 Å². The first kappa shape index (κ1) is 13.7. The van der Waals surface area contributed by atoms with Gasteiger partial charge >= 0.3 is 0 Å². The van der Waals surface area contributed by atoms with Crippen molar-refractivity contribution in [3.8, 4) is 0 Å². The molecule has 4 heteroatoms. The molecule has 2 aromatic rings. The quantitative estimate of drug-likeness (QED) is 0.827. The number of thiophene rings is 1. The van der Waals surface area contributed by atoms with Crippen LogP contribution in [-0.2, 0) is 12.8 Å². The van der Waals surface area contributed by atoms with Gasteiger partial charge in [0.05, 0.1) is 5.01 Å². The van der Waals surface area contributed by atoms with Crippen molar-refractivity contribution in [2.75, 3.05) is 6.54 Å². The van der Waals surface area contributed by atoms with Gasteiger partial charge in [0, 0.05) is 33.8 Å². The van der Waals surface area contributed by atoms with Crippen LogP contribution in [0.4, 0.5) is 0 Å². The summed E-state index contributed by atoms with van der Waals surface area (Å²) < 4.78 is 0. The minimum absolute atomic E-state index is 0.418. The van der Waals surface area contributed by atoms with Crippen LogP contribution in [0.2, 0.25) is 0 Å². The summed E-state index contributed by atoms with van der Waals surface area (Å²) in [6, 6.07) is 4.94. The third-order valence-electron chi connectivity index (χ3n) is 2.88. The maximum Gasteiger partial charge on any atom is 0.0944 e. The first-order valence-corrected chi connectivity index (χ1v) is 8.23. The first-order chi connectivity index (χ1) is 8.83. The molecular weight excluding hydrogens is 260 g/mol. The molecule has 0 spiro atoms. The molecule has 0 aliphatic carbocycles. The molecule has 0 saturated heterocycles. The van der Waals surface area contributed by atoms with E-state index in [1.807, 2.05) is 17.5 Å². The van der Waals surface area contributed by atoms with E-state index < -0.39 is 0 Å². The number of aryl methyl sites for hydroxylation is 1. The molecule has 0 saturated carbocycles. The molecular formula is C14H20N2S2. The van der Waals surface area contributed by atoms with Crippen LogP contribution in [0, 0.1) is 0 Å². The largest absolute Gasteiger partial charge is 0.309 e. The third-order valence-corrected chi connectivity index (χ3v) is 5.02. The normalized spacial score (nSPS) is 12.8. The highest BCUT2D eigenvalue weighted by atomic mass is 32.1. The van der Waals surface area contributed by atoms with Crippen LogP contribution >= 0.6 is 22.7 Å². The highest BCUT2D eigenvalue weighted by Crippen LogP contribution is 2.27. The lowest BCUT2D eigenvalue weighted by Gasteiger charge is -2.15. The van der Waals surface area contributed by atoms with Gasteiger partial charge in [-0.2, -0.15) is 0 Å². The number of hydrogen-bond acceptors (Lipinski definition) is 4. The van der Waals surface area contributed by atoms with Gasteiger partial charge in [-0.25, -0.2) is 4.98 Å². The summed E-state index contributed by atoms with van der Waals surface area (Å²) in [5.74, 6) is 0. The molecule has 1 atom stereocenters. The van der Waals surface area contributed by atoms with Gasteiger partial charge in [-0.15, -0.1) is 22.7 Å². The van der Waals surface area contributed by atoms with Crippen molar-refractivity contribution in [3.05, 3.63) is 38.5 Å². The highest BCUT2D eigenvalue weighted by Gasteiger charge is 2.15. The predicted octanol–water partition coefficient (Wildman–Crippen LogP) is 4.05. The number of thiazole rings is 1. The fourth-order valence-electron chi connectivity index (χ4n) is 1.89. The van der Waals surface area contributed by atoms with Crippen LogP contribution in [0.1, 0.15) is 41.1 Å². The Morgan fingerprint density at radius 1 is 1.33 bits per heavy atom. The van der Waals surface area contributed by atoms with Crippen molar-refractivity contribution in [1.82, 2.24) is 10.3 Å². The summed E-state index contributed by atoms with van der Waals surface area (Å²) in [5.41, 5.74) is 0. The van der Waals surface area contributed by atoms with Crippen molar-refractivity contribution < 1.29 is 0 Å². The Balaban J connectivity index is 2.08. The molecule has 2 heterocycles. The summed E-state index contributed by atoms with van der Waals surface area (Å²) in [6.07, 6.45) is 5.19. The van der Waals surface area contributed by atoms with Gasteiger partial charge in [0.15, 0.2) is 0 Å². The number of aromatic nitrogens is 1. The van der Waals surface area contributed by atoms with Gasteiger partial charge in [0.2, 0.25) is 0 Å². The monoisotopic (exact) mass is 280 g/mol. The maximum atomic E-state index is 4.40. The van der Waals surface area contributed by atoms with Gasteiger partial charge in [-0.05, 0) is 31.5 Å². The molecule has 0 radical (unpaired) electrons. The molecule has 0 fully saturated rings. The summed E-state index contributed by atoms with van der Waals surface area (Å²) in [4.78, 5) is 7.31. The van der Waals surface area contributed by atoms with Gasteiger partial charge in [-0.3, -0.25) is 0 Å². The average Bonchev–Trinajstić information content (AvgIpc) is 3.05. The molecule has 2 rings (SSSR count). The summed E-state index contributed by atoms with van der Waals surface area (Å²) in [5, 5.41) is 6.91. The van der Waals surface area contributed by atoms with Crippen molar-refractivity contribution in [1.29, 1.82) is 0 Å². The fraction of sp³-hybridized carbons (Fsp3) is 0.500. The van der Waals surface area contributed by atoms with E-state index in [0.29, 0.717) is 6.04 Å². The lowest BCUT2D eigenvalue weighted by molar-refractivity contribution is 0.535. The molecule has 0 bridgehead atoms. The molecule has 2 nitrogen and oxygen atoms in total. The van der Waals surface area contributed by atoms with E-state index in [-0.39, 0.29) is 0 Å². The molecule has 2 aromatic heterocycles. The molecule has 98 valence electrons. The zero-order chi connectivity index (χ0) is 12.8. The minimum Gasteiger partial charge on any atom is -0.309 e. The second-order valence-electron chi connectivity index (χ2n) is 4.29. The third kappa shape index (κ3) is 3.64. The SMILES string of the molecule is CCCNC(Cc1nccs1)c1ccc(CC)s1. The molecule has 0 aliphatic heterocycles. The van der Waals surface area contributed by atoms with Crippen LogP contribution in [-0.4, -0.2) is 11.5 Å². The van der Waals surface area contributed by atoms with E-state index in [1.54, 1.807) is 11.3 Å². The van der Waals surface area contributed by atoms with Crippen LogP contribution < -0.4 is 5.32 Å². The molecule has 1 N–H and O–H groups in total. The zero-order valence-electron chi connectivity index (χ0n) is 11.0. The van der Waals surface area contributed by atoms with Gasteiger partial charge in [-0.1, -0.05) is 13.8 Å². The Morgan fingerprint density at radius 3 is 2.83 bits per heavy atom. The smallest absolute Gasteiger partial charge is 0.0944 e. The van der Waals surface area contributed by atoms with Crippen molar-refractivity contribution >= 4 is 22.7 Å². The molecule has 1 unspecified atom stereocenters. The number of nitrogens with zero attached hydrogens (tertiary/aromatic N) is 1. The Morgan fingerprint density at radius 2 is 2.22 bits per heavy atom. The summed E-state index contributed by atoms with van der Waals surface area (Å²) in [6.45, 7) is 5.49. The zero-order valence-corrected chi connectivity index (χ0v) is 12.6. The maximum absolute atomic E-state index is 4.40. The Hall–Kier alpha value is -0.710. The van der Waals surface area contributed by atoms with Crippen molar-refractivity contribution in [2.45, 2.75) is 39.2 Å². The van der Waals surface area contributed by atoms with E-state index >= 15 is 0 Å². The Kier molecular flexibility index (Phi) is 5.35. The van der Waals surface area contributed by atoms with E-state index in [9.17, 15) is 0 Å². The topological polar surface area (TPSA) is 24.9 Å². The van der Waals surface area contributed by atoms with Crippen molar-refractivity contribution in [3.63, 3.8) is 0 Å². The standard InChI is InChI=1S/C14H20N2S2/c1-3-7-15-12(10-14-16-8-9-17-14)13-6-5-11(4-2)18-13/h5-6,8-9,12,15H,3-4,7,10H2,1-2H3. The second-order valence-corrected chi connectivity index (χ2v) is 6.47. The predicted molar refractivity (Wildman–Crippen MR) is 80.5 cm³/mol. The van der Waals surface area contributed by atoms with Gasteiger partial charge in [0.25, 0.3) is 0 Å². The highest BCUT2D eigenvalue weighted by molar-refractivity contribution is 7.12. The number of nitrogens with one attached hydrogen (secondary N) is 1. The van der Waals surface area contributed by atoms with Crippen LogP contribution in [0.5, 0.6) is 0 Å². The summed E-state index contributed by atoms with van der Waals surface area (Å²) >= 11 is 3.67. The van der Waals surface area contributed by atoms with E-state index in [1.165, 1.54) is 21.2 Å². The van der Waals surface area contributed by atoms with Crippen LogP contribution in [0.25, 0.3) is 0 Å². The number of hydrogen-bond donors (Lipinski definition) is 1. The van der Waals surface area contributed by atoms with Crippen LogP contribution in [0.15, 0.2) is 23.7 Å². The lowest BCUT2D eigenvalue weighted by atomic mass is 10.1. The number of rotatable bonds is 7. The molecule has 0 aromatic carbocycles. The second kappa shape index (κ2) is 7.02. The van der Waals surface area contributed by atoms with Crippen LogP contribution in [0.3, 0.4) is 0 Å². The van der Waals surface area contributed by atoms with Gasteiger partial charge in [0.1, 0.15) is 0 Å². The molecule has 0 aliphatic rings. The Bertz CT molecular complexity index is 448. The minimum atomic E-state index is 0.418. The average molecular weight is 280 g/mol. The van der Waals surface area contributed by atoms with E-state index in [0.717, 1.165) is 19.4 Å². The van der Waals surface area contributed by atoms with Crippen molar-refractivity contribution in [2.24, 2.45) is 0 Å². The fourth-order valence-corrected chi connectivity index (χ4v) is 3.58. The molecule has 18 heavy (non-hydrogen) atoms. The summed E-state index contributed by atoms with van der Waals surface area (Å²) in [7, 11) is 0. The Labute approximate surface area is 117 Å². The molecule has 0 amide bonds. The first-order valence-electron chi connectivity index (χ1n) is 6.53. The lowest BCUT2D eigenvalue weighted by Crippen LogP contribution is -2.23. The van der Waals surface area contributed by atoms with E-state index in [2.05, 4.69) is 41.7 Å².